The number of esters is 2. The fraction of sp³-hybridized carbons (Fsp3) is 0.393. The van der Waals surface area contributed by atoms with Crippen LogP contribution in [0.3, 0.4) is 0 Å². The molecule has 0 radical (unpaired) electrons. The van der Waals surface area contributed by atoms with E-state index in [9.17, 15) is 19.2 Å². The van der Waals surface area contributed by atoms with Crippen molar-refractivity contribution in [3.63, 3.8) is 0 Å². The van der Waals surface area contributed by atoms with Crippen LogP contribution < -0.4 is 10.3 Å². The van der Waals surface area contributed by atoms with Gasteiger partial charge in [0.05, 0.1) is 36.1 Å². The maximum absolute atomic E-state index is 13.7. The predicted octanol–water partition coefficient (Wildman–Crippen LogP) is 2.81. The highest BCUT2D eigenvalue weighted by atomic mass is 16.6. The highest BCUT2D eigenvalue weighted by Gasteiger charge is 2.50. The molecule has 1 aromatic carbocycles. The molecule has 0 saturated heterocycles. The lowest BCUT2D eigenvalue weighted by molar-refractivity contribution is -0.191. The van der Waals surface area contributed by atoms with Gasteiger partial charge in [0.1, 0.15) is 25.6 Å². The Bertz CT molecular complexity index is 1560. The Kier molecular flexibility index (Phi) is 6.52. The first kappa shape index (κ1) is 25.6. The number of carbonyl (C=O) groups is 3. The molecule has 3 aromatic rings. The van der Waals surface area contributed by atoms with Crippen LogP contribution in [0.1, 0.15) is 49.4 Å². The Labute approximate surface area is 218 Å². The molecule has 1 atom stereocenters. The molecule has 198 valence electrons. The Hall–Kier alpha value is -4.05. The molecular weight excluding hydrogens is 492 g/mol. The van der Waals surface area contributed by atoms with Gasteiger partial charge in [0, 0.05) is 16.5 Å². The van der Waals surface area contributed by atoms with Gasteiger partial charge in [-0.3, -0.25) is 9.59 Å². The van der Waals surface area contributed by atoms with E-state index >= 15 is 0 Å². The van der Waals surface area contributed by atoms with E-state index < -0.39 is 24.1 Å². The summed E-state index contributed by atoms with van der Waals surface area (Å²) in [4.78, 5) is 55.5. The number of pyridine rings is 2. The van der Waals surface area contributed by atoms with Crippen LogP contribution in [-0.4, -0.2) is 47.6 Å². The first-order chi connectivity index (χ1) is 18.2. The van der Waals surface area contributed by atoms with E-state index in [1.54, 1.807) is 24.7 Å². The molecule has 2 aliphatic rings. The second-order valence-electron chi connectivity index (χ2n) is 9.39. The molecule has 0 fully saturated rings. The van der Waals surface area contributed by atoms with Crippen LogP contribution in [0.4, 0.5) is 0 Å². The number of carbonyl (C=O) groups excluding carboxylic acids is 3. The van der Waals surface area contributed by atoms with Crippen LogP contribution in [0.2, 0.25) is 0 Å². The van der Waals surface area contributed by atoms with Crippen LogP contribution in [0.5, 0.6) is 5.75 Å². The first-order valence-electron chi connectivity index (χ1n) is 12.5. The third-order valence-corrected chi connectivity index (χ3v) is 7.15. The fourth-order valence-corrected chi connectivity index (χ4v) is 5.33. The molecule has 4 heterocycles. The SMILES string of the molecule is CCc1c2c(nc3ccc(OC)cc13)-c1cc3c(c(=O)n1C2)COC(=O)[C@@]3(CC)OC(=O)COCC(C)=O. The summed E-state index contributed by atoms with van der Waals surface area (Å²) in [6, 6.07) is 7.38. The van der Waals surface area contributed by atoms with Gasteiger partial charge in [-0.15, -0.1) is 0 Å². The lowest BCUT2D eigenvalue weighted by atomic mass is 9.85. The van der Waals surface area contributed by atoms with Crippen LogP contribution in [0.25, 0.3) is 22.3 Å². The van der Waals surface area contributed by atoms with Crippen LogP contribution in [-0.2, 0) is 53.8 Å². The van der Waals surface area contributed by atoms with Gasteiger partial charge in [-0.05, 0) is 49.6 Å². The normalized spacial score (nSPS) is 17.4. The number of benzene rings is 1. The van der Waals surface area contributed by atoms with Crippen molar-refractivity contribution in [2.24, 2.45) is 0 Å². The van der Waals surface area contributed by atoms with Crippen molar-refractivity contribution >= 4 is 28.6 Å². The average Bonchev–Trinajstić information content (AvgIpc) is 3.27. The Balaban J connectivity index is 1.65. The molecule has 0 saturated carbocycles. The molecule has 2 aliphatic heterocycles. The van der Waals surface area contributed by atoms with Crippen molar-refractivity contribution in [3.8, 4) is 17.1 Å². The van der Waals surface area contributed by atoms with Gasteiger partial charge in [-0.1, -0.05) is 13.8 Å². The number of Topliss-reactive ketones (excluding diaryl/α,β-unsaturated/α-hetero) is 1. The number of hydrogen-bond donors (Lipinski definition) is 0. The maximum Gasteiger partial charge on any atom is 0.355 e. The van der Waals surface area contributed by atoms with Gasteiger partial charge < -0.3 is 23.5 Å². The van der Waals surface area contributed by atoms with E-state index in [1.165, 1.54) is 6.92 Å². The number of ketones is 1. The maximum atomic E-state index is 13.7. The van der Waals surface area contributed by atoms with Crippen molar-refractivity contribution < 1.29 is 33.3 Å². The van der Waals surface area contributed by atoms with E-state index in [4.69, 9.17) is 23.9 Å². The van der Waals surface area contributed by atoms with Crippen LogP contribution in [0, 0.1) is 0 Å². The third kappa shape index (κ3) is 3.96. The topological polar surface area (TPSA) is 123 Å². The zero-order valence-electron chi connectivity index (χ0n) is 21.7. The van der Waals surface area contributed by atoms with Gasteiger partial charge in [0.25, 0.3) is 5.56 Å². The van der Waals surface area contributed by atoms with Crippen molar-refractivity contribution in [3.05, 3.63) is 56.9 Å². The first-order valence-corrected chi connectivity index (χ1v) is 12.5. The standard InChI is InChI=1S/C28H28N2O8/c1-5-17-18-9-16(35-4)7-8-22(18)29-25-19(17)11-30-23(25)10-21-20(26(30)33)13-37-27(34)28(21,6-2)38-24(32)14-36-12-15(3)31/h7-10H,5-6,11-14H2,1-4H3/t28-/m0/s1. The molecule has 0 spiro atoms. The van der Waals surface area contributed by atoms with E-state index in [-0.39, 0.29) is 42.1 Å². The summed E-state index contributed by atoms with van der Waals surface area (Å²) in [6.45, 7) is 4.38. The second kappa shape index (κ2) is 9.68. The van der Waals surface area contributed by atoms with E-state index in [1.807, 2.05) is 25.1 Å². The number of hydrogen-bond acceptors (Lipinski definition) is 9. The summed E-state index contributed by atoms with van der Waals surface area (Å²) >= 11 is 0. The Morgan fingerprint density at radius 3 is 2.61 bits per heavy atom. The molecular formula is C28H28N2O8. The number of methoxy groups -OCH3 is 1. The van der Waals surface area contributed by atoms with Gasteiger partial charge in [-0.2, -0.15) is 0 Å². The van der Waals surface area contributed by atoms with E-state index in [2.05, 4.69) is 0 Å². The zero-order chi connectivity index (χ0) is 27.2. The molecule has 0 amide bonds. The van der Waals surface area contributed by atoms with Crippen molar-refractivity contribution in [2.75, 3.05) is 20.3 Å². The largest absolute Gasteiger partial charge is 0.497 e. The van der Waals surface area contributed by atoms with E-state index in [0.717, 1.165) is 34.2 Å². The summed E-state index contributed by atoms with van der Waals surface area (Å²) in [5.41, 5.74) is 2.35. The van der Waals surface area contributed by atoms with Crippen LogP contribution >= 0.6 is 0 Å². The predicted molar refractivity (Wildman–Crippen MR) is 136 cm³/mol. The second-order valence-corrected chi connectivity index (χ2v) is 9.39. The quantitative estimate of drug-likeness (QED) is 0.323. The van der Waals surface area contributed by atoms with Crippen molar-refractivity contribution in [1.82, 2.24) is 9.55 Å². The number of cyclic esters (lactones) is 1. The summed E-state index contributed by atoms with van der Waals surface area (Å²) in [5, 5.41) is 0.956. The molecule has 0 aliphatic carbocycles. The summed E-state index contributed by atoms with van der Waals surface area (Å²) < 4.78 is 23.1. The lowest BCUT2D eigenvalue weighted by Crippen LogP contribution is -2.48. The summed E-state index contributed by atoms with van der Waals surface area (Å²) in [6.07, 6.45) is 0.757. The monoisotopic (exact) mass is 520 g/mol. The van der Waals surface area contributed by atoms with Crippen molar-refractivity contribution in [2.45, 2.75) is 52.4 Å². The zero-order valence-corrected chi connectivity index (χ0v) is 21.7. The number of nitrogens with zero attached hydrogens (tertiary/aromatic N) is 2. The van der Waals surface area contributed by atoms with Gasteiger partial charge >= 0.3 is 11.9 Å². The minimum absolute atomic E-state index is 0.0399. The Morgan fingerprint density at radius 1 is 1.13 bits per heavy atom. The number of aryl methyl sites for hydroxylation is 1. The smallest absolute Gasteiger partial charge is 0.355 e. The highest BCUT2D eigenvalue weighted by molar-refractivity contribution is 5.90. The molecule has 0 bridgehead atoms. The molecule has 0 unspecified atom stereocenters. The van der Waals surface area contributed by atoms with Gasteiger partial charge in [0.15, 0.2) is 5.78 Å². The average molecular weight is 521 g/mol. The summed E-state index contributed by atoms with van der Waals surface area (Å²) in [5.74, 6) is -1.14. The lowest BCUT2D eigenvalue weighted by Gasteiger charge is -2.35. The highest BCUT2D eigenvalue weighted by Crippen LogP contribution is 2.42. The van der Waals surface area contributed by atoms with Crippen LogP contribution in [0.15, 0.2) is 29.1 Å². The minimum atomic E-state index is -1.82. The minimum Gasteiger partial charge on any atom is -0.497 e. The third-order valence-electron chi connectivity index (χ3n) is 7.15. The number of ether oxygens (including phenoxy) is 4. The number of fused-ring (bicyclic) bond motifs is 5. The van der Waals surface area contributed by atoms with Gasteiger partial charge in [-0.25, -0.2) is 14.6 Å². The molecule has 10 heteroatoms. The Morgan fingerprint density at radius 2 is 1.92 bits per heavy atom. The fourth-order valence-electron chi connectivity index (χ4n) is 5.33. The number of rotatable bonds is 8. The molecule has 0 N–H and O–H groups in total. The van der Waals surface area contributed by atoms with E-state index in [0.29, 0.717) is 17.9 Å². The molecule has 10 nitrogen and oxygen atoms in total. The van der Waals surface area contributed by atoms with Gasteiger partial charge in [0.2, 0.25) is 5.60 Å². The number of aromatic nitrogens is 2. The van der Waals surface area contributed by atoms with Crippen molar-refractivity contribution in [1.29, 1.82) is 0 Å². The molecule has 5 rings (SSSR count). The molecule has 2 aromatic heterocycles. The summed E-state index contributed by atoms with van der Waals surface area (Å²) in [7, 11) is 1.61. The molecule has 38 heavy (non-hydrogen) atoms.